The van der Waals surface area contributed by atoms with Gasteiger partial charge in [0.15, 0.2) is 0 Å². The van der Waals surface area contributed by atoms with Gasteiger partial charge in [-0.15, -0.1) is 0 Å². The molecular formula is C11H20N2. The Morgan fingerprint density at radius 2 is 1.92 bits per heavy atom. The van der Waals surface area contributed by atoms with E-state index in [9.17, 15) is 0 Å². The Labute approximate surface area is 81.5 Å². The average Bonchev–Trinajstić information content (AvgIpc) is 2.04. The summed E-state index contributed by atoms with van der Waals surface area (Å²) in [6, 6.07) is 2.53. The Morgan fingerprint density at radius 1 is 1.38 bits per heavy atom. The van der Waals surface area contributed by atoms with Crippen LogP contribution >= 0.6 is 0 Å². The zero-order valence-corrected chi connectivity index (χ0v) is 8.95. The third-order valence-electron chi connectivity index (χ3n) is 2.87. The van der Waals surface area contributed by atoms with Gasteiger partial charge in [-0.3, -0.25) is 4.90 Å². The lowest BCUT2D eigenvalue weighted by Gasteiger charge is -2.37. The first-order chi connectivity index (χ1) is 6.17. The average molecular weight is 180 g/mol. The van der Waals surface area contributed by atoms with E-state index in [1.807, 2.05) is 0 Å². The molecule has 0 bridgehead atoms. The van der Waals surface area contributed by atoms with Crippen molar-refractivity contribution in [3.63, 3.8) is 0 Å². The minimum atomic E-state index is 0.144. The standard InChI is InChI=1S/C11H20N2/c1-4-11(6-12)13-7-9(2)5-10(3)8-13/h9-11H,4-5,7-8H2,1-3H3. The van der Waals surface area contributed by atoms with Crippen LogP contribution in [0.1, 0.15) is 33.6 Å². The second-order valence-electron chi connectivity index (χ2n) is 4.45. The van der Waals surface area contributed by atoms with Crippen molar-refractivity contribution in [2.24, 2.45) is 11.8 Å². The van der Waals surface area contributed by atoms with E-state index >= 15 is 0 Å². The van der Waals surface area contributed by atoms with Crippen LogP contribution < -0.4 is 0 Å². The van der Waals surface area contributed by atoms with E-state index in [1.165, 1.54) is 6.42 Å². The molecule has 74 valence electrons. The number of hydrogen-bond acceptors (Lipinski definition) is 2. The molecule has 1 aliphatic heterocycles. The van der Waals surface area contributed by atoms with Crippen molar-refractivity contribution in [2.45, 2.75) is 39.7 Å². The number of piperidine rings is 1. The predicted octanol–water partition coefficient (Wildman–Crippen LogP) is 2.27. The fourth-order valence-corrected chi connectivity index (χ4v) is 2.40. The molecule has 0 aromatic rings. The zero-order chi connectivity index (χ0) is 9.84. The molecule has 0 saturated carbocycles. The molecule has 1 fully saturated rings. The molecule has 3 unspecified atom stereocenters. The van der Waals surface area contributed by atoms with Gasteiger partial charge in [0, 0.05) is 13.1 Å². The molecule has 1 aliphatic rings. The van der Waals surface area contributed by atoms with Gasteiger partial charge in [0.2, 0.25) is 0 Å². The first-order valence-corrected chi connectivity index (χ1v) is 5.31. The van der Waals surface area contributed by atoms with Crippen molar-refractivity contribution in [2.75, 3.05) is 13.1 Å². The first kappa shape index (κ1) is 10.5. The van der Waals surface area contributed by atoms with E-state index in [-0.39, 0.29) is 6.04 Å². The number of nitrogens with zero attached hydrogens (tertiary/aromatic N) is 2. The number of hydrogen-bond donors (Lipinski definition) is 0. The van der Waals surface area contributed by atoms with E-state index in [4.69, 9.17) is 5.26 Å². The fraction of sp³-hybridized carbons (Fsp3) is 0.909. The van der Waals surface area contributed by atoms with Crippen molar-refractivity contribution in [3.05, 3.63) is 0 Å². The van der Waals surface area contributed by atoms with Gasteiger partial charge < -0.3 is 0 Å². The van der Waals surface area contributed by atoms with Crippen molar-refractivity contribution < 1.29 is 0 Å². The molecule has 0 radical (unpaired) electrons. The van der Waals surface area contributed by atoms with Gasteiger partial charge >= 0.3 is 0 Å². The summed E-state index contributed by atoms with van der Waals surface area (Å²) in [6.07, 6.45) is 2.27. The fourth-order valence-electron chi connectivity index (χ4n) is 2.40. The van der Waals surface area contributed by atoms with Gasteiger partial charge in [0.05, 0.1) is 12.1 Å². The molecule has 1 rings (SSSR count). The molecule has 0 aromatic carbocycles. The minimum Gasteiger partial charge on any atom is -0.288 e. The molecule has 0 aliphatic carbocycles. The zero-order valence-electron chi connectivity index (χ0n) is 8.95. The normalized spacial score (nSPS) is 32.5. The summed E-state index contributed by atoms with van der Waals surface area (Å²) in [5.74, 6) is 1.51. The maximum absolute atomic E-state index is 8.96. The summed E-state index contributed by atoms with van der Waals surface area (Å²) in [6.45, 7) is 8.88. The minimum absolute atomic E-state index is 0.144. The van der Waals surface area contributed by atoms with Crippen LogP contribution in [0.3, 0.4) is 0 Å². The Morgan fingerprint density at radius 3 is 2.31 bits per heavy atom. The van der Waals surface area contributed by atoms with E-state index < -0.39 is 0 Å². The second-order valence-corrected chi connectivity index (χ2v) is 4.45. The number of rotatable bonds is 2. The summed E-state index contributed by atoms with van der Waals surface area (Å²) < 4.78 is 0. The monoisotopic (exact) mass is 180 g/mol. The molecule has 2 heteroatoms. The molecule has 0 N–H and O–H groups in total. The highest BCUT2D eigenvalue weighted by Gasteiger charge is 2.26. The smallest absolute Gasteiger partial charge is 0.0975 e. The van der Waals surface area contributed by atoms with Crippen LogP contribution in [-0.4, -0.2) is 24.0 Å². The Hall–Kier alpha value is -0.550. The molecule has 13 heavy (non-hydrogen) atoms. The van der Waals surface area contributed by atoms with Gasteiger partial charge in [-0.05, 0) is 24.7 Å². The molecule has 0 amide bonds. The van der Waals surface area contributed by atoms with Crippen LogP contribution in [0.5, 0.6) is 0 Å². The maximum atomic E-state index is 8.96. The van der Waals surface area contributed by atoms with Crippen molar-refractivity contribution in [1.82, 2.24) is 4.90 Å². The SMILES string of the molecule is CCC(C#N)N1CC(C)CC(C)C1. The highest BCUT2D eigenvalue weighted by Crippen LogP contribution is 2.23. The lowest BCUT2D eigenvalue weighted by atomic mass is 9.91. The van der Waals surface area contributed by atoms with Gasteiger partial charge in [0.25, 0.3) is 0 Å². The quantitative estimate of drug-likeness (QED) is 0.652. The summed E-state index contributed by atoms with van der Waals surface area (Å²) in [4.78, 5) is 2.35. The molecular weight excluding hydrogens is 160 g/mol. The largest absolute Gasteiger partial charge is 0.288 e. The van der Waals surface area contributed by atoms with Crippen LogP contribution in [0.15, 0.2) is 0 Å². The van der Waals surface area contributed by atoms with Crippen molar-refractivity contribution >= 4 is 0 Å². The van der Waals surface area contributed by atoms with E-state index in [2.05, 4.69) is 31.7 Å². The van der Waals surface area contributed by atoms with Crippen molar-refractivity contribution in [3.8, 4) is 6.07 Å². The van der Waals surface area contributed by atoms with Gasteiger partial charge in [-0.1, -0.05) is 20.8 Å². The van der Waals surface area contributed by atoms with Crippen molar-refractivity contribution in [1.29, 1.82) is 5.26 Å². The molecule has 2 nitrogen and oxygen atoms in total. The van der Waals surface area contributed by atoms with Crippen LogP contribution in [0.4, 0.5) is 0 Å². The number of likely N-dealkylation sites (tertiary alicyclic amines) is 1. The van der Waals surface area contributed by atoms with E-state index in [0.717, 1.165) is 31.3 Å². The maximum Gasteiger partial charge on any atom is 0.0975 e. The Bertz CT molecular complexity index is 185. The highest BCUT2D eigenvalue weighted by molar-refractivity contribution is 4.93. The summed E-state index contributed by atoms with van der Waals surface area (Å²) >= 11 is 0. The van der Waals surface area contributed by atoms with Crippen LogP contribution in [0.2, 0.25) is 0 Å². The summed E-state index contributed by atoms with van der Waals surface area (Å²) in [5, 5.41) is 8.96. The Kier molecular flexibility index (Phi) is 3.74. The lowest BCUT2D eigenvalue weighted by molar-refractivity contribution is 0.116. The molecule has 0 spiro atoms. The third-order valence-corrected chi connectivity index (χ3v) is 2.87. The van der Waals surface area contributed by atoms with Gasteiger partial charge in [0.1, 0.15) is 0 Å². The van der Waals surface area contributed by atoms with Crippen LogP contribution in [-0.2, 0) is 0 Å². The topological polar surface area (TPSA) is 27.0 Å². The third kappa shape index (κ3) is 2.70. The predicted molar refractivity (Wildman–Crippen MR) is 54.2 cm³/mol. The van der Waals surface area contributed by atoms with Crippen LogP contribution in [0, 0.1) is 23.2 Å². The molecule has 1 heterocycles. The number of nitriles is 1. The van der Waals surface area contributed by atoms with Gasteiger partial charge in [-0.2, -0.15) is 5.26 Å². The molecule has 1 saturated heterocycles. The van der Waals surface area contributed by atoms with E-state index in [1.54, 1.807) is 0 Å². The lowest BCUT2D eigenvalue weighted by Crippen LogP contribution is -2.44. The van der Waals surface area contributed by atoms with Gasteiger partial charge in [-0.25, -0.2) is 0 Å². The highest BCUT2D eigenvalue weighted by atomic mass is 15.2. The summed E-state index contributed by atoms with van der Waals surface area (Å²) in [5.41, 5.74) is 0. The Balaban J connectivity index is 2.54. The molecule has 0 aromatic heterocycles. The summed E-state index contributed by atoms with van der Waals surface area (Å²) in [7, 11) is 0. The van der Waals surface area contributed by atoms with E-state index in [0.29, 0.717) is 0 Å². The van der Waals surface area contributed by atoms with Crippen LogP contribution in [0.25, 0.3) is 0 Å². The second kappa shape index (κ2) is 4.62. The first-order valence-electron chi connectivity index (χ1n) is 5.31. The molecule has 3 atom stereocenters.